The number of aliphatic imine (C=N–C) groups is 1. The number of aryl methyl sites for hydroxylation is 1. The molecule has 8 nitrogen and oxygen atoms in total. The van der Waals surface area contributed by atoms with Crippen LogP contribution in [0.5, 0.6) is 5.75 Å². The number of amides is 1. The van der Waals surface area contributed by atoms with Gasteiger partial charge in [0.15, 0.2) is 5.96 Å². The van der Waals surface area contributed by atoms with Crippen LogP contribution in [0, 0.1) is 13.8 Å². The largest absolute Gasteiger partial charge is 0.496 e. The lowest BCUT2D eigenvalue weighted by Gasteiger charge is -2.36. The van der Waals surface area contributed by atoms with Gasteiger partial charge >= 0.3 is 6.09 Å². The van der Waals surface area contributed by atoms with Crippen LogP contribution in [0.4, 0.5) is 4.79 Å². The normalized spacial score (nSPS) is 15.1. The number of hydrogen-bond acceptors (Lipinski definition) is 5. The number of carbonyl (C=O) groups is 1. The third-order valence-electron chi connectivity index (χ3n) is 4.40. The molecule has 0 bridgehead atoms. The third kappa shape index (κ3) is 6.39. The van der Waals surface area contributed by atoms with Crippen LogP contribution >= 0.6 is 24.0 Å². The standard InChI is InChI=1S/C19H31N5O3.HI/c1-13-11-21-15(14(2)16(13)26-6)12-22-17(20)23-7-9-24(10-8-23)18(25)27-19(3,4)5;/h11H,7-10,12H2,1-6H3,(H2,20,22);1H. The Balaban J connectivity index is 0.00000392. The molecule has 1 aromatic rings. The number of nitrogens with zero attached hydrogens (tertiary/aromatic N) is 4. The molecule has 1 saturated heterocycles. The van der Waals surface area contributed by atoms with Crippen LogP contribution in [-0.4, -0.2) is 65.7 Å². The minimum Gasteiger partial charge on any atom is -0.496 e. The van der Waals surface area contributed by atoms with Crippen molar-refractivity contribution in [2.45, 2.75) is 46.8 Å². The van der Waals surface area contributed by atoms with Crippen molar-refractivity contribution in [2.24, 2.45) is 10.7 Å². The van der Waals surface area contributed by atoms with Crippen molar-refractivity contribution < 1.29 is 14.3 Å². The molecule has 1 aliphatic rings. The number of carbonyl (C=O) groups excluding carboxylic acids is 1. The summed E-state index contributed by atoms with van der Waals surface area (Å²) < 4.78 is 10.8. The summed E-state index contributed by atoms with van der Waals surface area (Å²) in [7, 11) is 1.65. The van der Waals surface area contributed by atoms with E-state index in [0.717, 1.165) is 22.6 Å². The fourth-order valence-corrected chi connectivity index (χ4v) is 2.93. The van der Waals surface area contributed by atoms with Crippen LogP contribution in [0.15, 0.2) is 11.2 Å². The number of pyridine rings is 1. The minimum atomic E-state index is -0.491. The van der Waals surface area contributed by atoms with Gasteiger partial charge in [-0.1, -0.05) is 0 Å². The van der Waals surface area contributed by atoms with Crippen LogP contribution in [-0.2, 0) is 11.3 Å². The Labute approximate surface area is 184 Å². The number of guanidine groups is 1. The fourth-order valence-electron chi connectivity index (χ4n) is 2.93. The molecule has 0 unspecified atom stereocenters. The summed E-state index contributed by atoms with van der Waals surface area (Å²) in [5.41, 5.74) is 8.47. The van der Waals surface area contributed by atoms with E-state index in [9.17, 15) is 4.79 Å². The first-order valence-electron chi connectivity index (χ1n) is 9.14. The second-order valence-electron chi connectivity index (χ2n) is 7.68. The molecular weight excluding hydrogens is 473 g/mol. The number of halogens is 1. The molecule has 2 heterocycles. The van der Waals surface area contributed by atoms with Gasteiger partial charge in [0.25, 0.3) is 0 Å². The summed E-state index contributed by atoms with van der Waals surface area (Å²) >= 11 is 0. The first-order valence-corrected chi connectivity index (χ1v) is 9.14. The minimum absolute atomic E-state index is 0. The number of hydrogen-bond donors (Lipinski definition) is 1. The van der Waals surface area contributed by atoms with Crippen molar-refractivity contribution in [2.75, 3.05) is 33.3 Å². The van der Waals surface area contributed by atoms with Crippen LogP contribution in [0.25, 0.3) is 0 Å². The van der Waals surface area contributed by atoms with Gasteiger partial charge in [-0.25, -0.2) is 9.79 Å². The molecule has 2 N–H and O–H groups in total. The van der Waals surface area contributed by atoms with Gasteiger partial charge in [-0.2, -0.15) is 0 Å². The zero-order chi connectivity index (χ0) is 20.2. The van der Waals surface area contributed by atoms with Gasteiger partial charge < -0.3 is 25.0 Å². The fraction of sp³-hybridized carbons (Fsp3) is 0.632. The van der Waals surface area contributed by atoms with E-state index in [1.807, 2.05) is 39.5 Å². The number of aromatic nitrogens is 1. The molecule has 0 radical (unpaired) electrons. The predicted molar refractivity (Wildman–Crippen MR) is 120 cm³/mol. The predicted octanol–water partition coefficient (Wildman–Crippen LogP) is 2.69. The highest BCUT2D eigenvalue weighted by atomic mass is 127. The highest BCUT2D eigenvalue weighted by molar-refractivity contribution is 14.0. The Morgan fingerprint density at radius 1 is 1.21 bits per heavy atom. The lowest BCUT2D eigenvalue weighted by Crippen LogP contribution is -2.53. The van der Waals surface area contributed by atoms with E-state index in [1.54, 1.807) is 18.2 Å². The lowest BCUT2D eigenvalue weighted by molar-refractivity contribution is 0.0186. The van der Waals surface area contributed by atoms with Crippen molar-refractivity contribution in [3.05, 3.63) is 23.0 Å². The summed E-state index contributed by atoms with van der Waals surface area (Å²) in [5, 5.41) is 0. The first kappa shape index (κ1) is 24.3. The number of piperazine rings is 1. The maximum Gasteiger partial charge on any atom is 0.410 e. The van der Waals surface area contributed by atoms with Crippen molar-refractivity contribution in [1.29, 1.82) is 0 Å². The molecular formula is C19H32IN5O3. The molecule has 0 aromatic carbocycles. The zero-order valence-corrected chi connectivity index (χ0v) is 19.9. The second-order valence-corrected chi connectivity index (χ2v) is 7.68. The summed E-state index contributed by atoms with van der Waals surface area (Å²) in [6.07, 6.45) is 1.50. The van der Waals surface area contributed by atoms with Crippen LogP contribution < -0.4 is 10.5 Å². The Morgan fingerprint density at radius 3 is 2.32 bits per heavy atom. The molecule has 28 heavy (non-hydrogen) atoms. The van der Waals surface area contributed by atoms with E-state index in [1.165, 1.54) is 0 Å². The summed E-state index contributed by atoms with van der Waals surface area (Å²) in [5.74, 6) is 1.29. The molecule has 0 spiro atoms. The van der Waals surface area contributed by atoms with Gasteiger partial charge in [0.1, 0.15) is 11.4 Å². The first-order chi connectivity index (χ1) is 12.6. The quantitative estimate of drug-likeness (QED) is 0.386. The summed E-state index contributed by atoms with van der Waals surface area (Å²) in [6.45, 7) is 12.3. The van der Waals surface area contributed by atoms with Crippen molar-refractivity contribution >= 4 is 36.0 Å². The van der Waals surface area contributed by atoms with Gasteiger partial charge in [0.05, 0.1) is 19.3 Å². The molecule has 1 fully saturated rings. The van der Waals surface area contributed by atoms with E-state index in [2.05, 4.69) is 9.98 Å². The van der Waals surface area contributed by atoms with Crippen LogP contribution in [0.2, 0.25) is 0 Å². The molecule has 0 atom stereocenters. The van der Waals surface area contributed by atoms with Crippen molar-refractivity contribution in [1.82, 2.24) is 14.8 Å². The second kappa shape index (κ2) is 10.1. The van der Waals surface area contributed by atoms with Crippen molar-refractivity contribution in [3.8, 4) is 5.75 Å². The Morgan fingerprint density at radius 2 is 1.79 bits per heavy atom. The molecule has 1 aromatic heterocycles. The van der Waals surface area contributed by atoms with E-state index in [0.29, 0.717) is 38.7 Å². The maximum atomic E-state index is 12.1. The highest BCUT2D eigenvalue weighted by Gasteiger charge is 2.26. The highest BCUT2D eigenvalue weighted by Crippen LogP contribution is 2.24. The van der Waals surface area contributed by atoms with Crippen LogP contribution in [0.1, 0.15) is 37.6 Å². The van der Waals surface area contributed by atoms with Gasteiger partial charge in [-0.15, -0.1) is 24.0 Å². The number of rotatable bonds is 3. The zero-order valence-electron chi connectivity index (χ0n) is 17.6. The summed E-state index contributed by atoms with van der Waals surface area (Å²) in [6, 6.07) is 0. The maximum absolute atomic E-state index is 12.1. The van der Waals surface area contributed by atoms with Gasteiger partial charge in [-0.3, -0.25) is 4.98 Å². The molecule has 1 amide bonds. The number of methoxy groups -OCH3 is 1. The average Bonchev–Trinajstić information content (AvgIpc) is 2.60. The Bertz CT molecular complexity index is 710. The topological polar surface area (TPSA) is 93.3 Å². The smallest absolute Gasteiger partial charge is 0.410 e. The van der Waals surface area contributed by atoms with E-state index in [4.69, 9.17) is 15.2 Å². The van der Waals surface area contributed by atoms with E-state index < -0.39 is 5.60 Å². The number of ether oxygens (including phenoxy) is 2. The SMILES string of the molecule is COc1c(C)cnc(CN=C(N)N2CCN(C(=O)OC(C)(C)C)CC2)c1C.I. The Kier molecular flexibility index (Phi) is 8.77. The molecule has 158 valence electrons. The van der Waals surface area contributed by atoms with Crippen LogP contribution in [0.3, 0.4) is 0 Å². The molecule has 0 saturated carbocycles. The van der Waals surface area contributed by atoms with Gasteiger partial charge in [0.2, 0.25) is 0 Å². The van der Waals surface area contributed by atoms with E-state index in [-0.39, 0.29) is 30.1 Å². The van der Waals surface area contributed by atoms with Gasteiger partial charge in [-0.05, 0) is 34.6 Å². The monoisotopic (exact) mass is 505 g/mol. The molecule has 1 aliphatic heterocycles. The Hall–Kier alpha value is -1.78. The third-order valence-corrected chi connectivity index (χ3v) is 4.40. The number of nitrogens with two attached hydrogens (primary N) is 1. The summed E-state index contributed by atoms with van der Waals surface area (Å²) in [4.78, 5) is 24.7. The molecule has 2 rings (SSSR count). The van der Waals surface area contributed by atoms with Gasteiger partial charge in [0, 0.05) is 43.5 Å². The average molecular weight is 505 g/mol. The molecule has 0 aliphatic carbocycles. The van der Waals surface area contributed by atoms with Crippen molar-refractivity contribution in [3.63, 3.8) is 0 Å². The molecule has 9 heteroatoms. The lowest BCUT2D eigenvalue weighted by atomic mass is 10.1. The van der Waals surface area contributed by atoms with E-state index >= 15 is 0 Å².